The number of para-hydroxylation sites is 1. The molecule has 150 valence electrons. The van der Waals surface area contributed by atoms with E-state index in [9.17, 15) is 9.59 Å². The highest BCUT2D eigenvalue weighted by atomic mass is 35.5. The van der Waals surface area contributed by atoms with Crippen molar-refractivity contribution in [2.75, 3.05) is 17.7 Å². The van der Waals surface area contributed by atoms with Crippen LogP contribution in [0.1, 0.15) is 20.7 Å². The molecule has 0 aliphatic carbocycles. The van der Waals surface area contributed by atoms with Crippen LogP contribution in [-0.2, 0) is 0 Å². The molecular weight excluding hydrogens is 420 g/mol. The smallest absolute Gasteiger partial charge is 0.257 e. The quantitative estimate of drug-likeness (QED) is 0.396. The summed E-state index contributed by atoms with van der Waals surface area (Å²) in [5, 5.41) is 11.8. The zero-order valence-corrected chi connectivity index (χ0v) is 17.5. The molecule has 4 aromatic rings. The van der Waals surface area contributed by atoms with Crippen LogP contribution in [0.4, 0.5) is 17.2 Å². The summed E-state index contributed by atoms with van der Waals surface area (Å²) in [5.41, 5.74) is 1.89. The number of carbonyl (C=O) groups is 2. The standard InChI is InChI=1S/C22H17ClN4O2S/c1-24-21(28)13-10-18(20(25-11-13)26-17-8-4-3-7-16(17)23)27-22(29)15-12-30-19-9-5-2-6-14(15)19/h2-12H,1H3,(H,24,28)(H,25,26)(H,27,29). The van der Waals surface area contributed by atoms with Gasteiger partial charge in [-0.15, -0.1) is 11.3 Å². The first-order chi connectivity index (χ1) is 14.6. The molecule has 0 radical (unpaired) electrons. The number of aromatic nitrogens is 1. The molecule has 4 rings (SSSR count). The van der Waals surface area contributed by atoms with Crippen molar-refractivity contribution in [1.29, 1.82) is 0 Å². The van der Waals surface area contributed by atoms with Gasteiger partial charge in [-0.3, -0.25) is 9.59 Å². The summed E-state index contributed by atoms with van der Waals surface area (Å²) in [6.07, 6.45) is 1.44. The second kappa shape index (κ2) is 8.52. The lowest BCUT2D eigenvalue weighted by atomic mass is 10.1. The second-order valence-corrected chi connectivity index (χ2v) is 7.72. The molecule has 2 amide bonds. The lowest BCUT2D eigenvalue weighted by molar-refractivity contribution is 0.0961. The van der Waals surface area contributed by atoms with Crippen molar-refractivity contribution in [3.8, 4) is 0 Å². The van der Waals surface area contributed by atoms with Gasteiger partial charge in [0.15, 0.2) is 5.82 Å². The fraction of sp³-hybridized carbons (Fsp3) is 0.0455. The van der Waals surface area contributed by atoms with Crippen LogP contribution >= 0.6 is 22.9 Å². The number of fused-ring (bicyclic) bond motifs is 1. The molecule has 3 N–H and O–H groups in total. The van der Waals surface area contributed by atoms with Crippen molar-refractivity contribution in [2.45, 2.75) is 0 Å². The molecule has 2 heterocycles. The summed E-state index contributed by atoms with van der Waals surface area (Å²) >= 11 is 7.74. The first-order valence-electron chi connectivity index (χ1n) is 9.08. The van der Waals surface area contributed by atoms with Gasteiger partial charge in [0.05, 0.1) is 27.5 Å². The summed E-state index contributed by atoms with van der Waals surface area (Å²) in [5.74, 6) is -0.211. The van der Waals surface area contributed by atoms with Crippen LogP contribution < -0.4 is 16.0 Å². The Bertz CT molecular complexity index is 1250. The van der Waals surface area contributed by atoms with Crippen molar-refractivity contribution in [3.63, 3.8) is 0 Å². The van der Waals surface area contributed by atoms with E-state index in [0.29, 0.717) is 33.3 Å². The van der Waals surface area contributed by atoms with Crippen molar-refractivity contribution in [3.05, 3.63) is 82.3 Å². The number of carbonyl (C=O) groups excluding carboxylic acids is 2. The van der Waals surface area contributed by atoms with Crippen LogP contribution in [0.15, 0.2) is 66.2 Å². The Hall–Kier alpha value is -3.42. The fourth-order valence-electron chi connectivity index (χ4n) is 2.96. The summed E-state index contributed by atoms with van der Waals surface area (Å²) in [7, 11) is 1.54. The number of halogens is 1. The third-order valence-corrected chi connectivity index (χ3v) is 5.77. The minimum atomic E-state index is -0.303. The molecular formula is C22H17ClN4O2S. The average Bonchev–Trinajstić information content (AvgIpc) is 3.20. The minimum Gasteiger partial charge on any atom is -0.355 e. The van der Waals surface area contributed by atoms with E-state index in [0.717, 1.165) is 10.1 Å². The normalized spacial score (nSPS) is 10.6. The summed E-state index contributed by atoms with van der Waals surface area (Å²) in [6, 6.07) is 16.5. The number of hydrogen-bond acceptors (Lipinski definition) is 5. The molecule has 0 aliphatic heterocycles. The van der Waals surface area contributed by atoms with E-state index in [-0.39, 0.29) is 11.8 Å². The summed E-state index contributed by atoms with van der Waals surface area (Å²) in [6.45, 7) is 0. The van der Waals surface area contributed by atoms with Crippen molar-refractivity contribution in [1.82, 2.24) is 10.3 Å². The van der Waals surface area contributed by atoms with Crippen LogP contribution in [0.5, 0.6) is 0 Å². The topological polar surface area (TPSA) is 83.1 Å². The molecule has 8 heteroatoms. The lowest BCUT2D eigenvalue weighted by Crippen LogP contribution is -2.19. The first kappa shape index (κ1) is 19.9. The van der Waals surface area contributed by atoms with Crippen molar-refractivity contribution in [2.24, 2.45) is 0 Å². The highest BCUT2D eigenvalue weighted by Crippen LogP contribution is 2.31. The first-order valence-corrected chi connectivity index (χ1v) is 10.3. The predicted octanol–water partition coefficient (Wildman–Crippen LogP) is 5.31. The molecule has 0 fully saturated rings. The number of hydrogen-bond donors (Lipinski definition) is 3. The maximum absolute atomic E-state index is 13.0. The van der Waals surface area contributed by atoms with Gasteiger partial charge in [-0.25, -0.2) is 4.98 Å². The van der Waals surface area contributed by atoms with Gasteiger partial charge in [0.1, 0.15) is 0 Å². The Morgan fingerprint density at radius 1 is 1.00 bits per heavy atom. The summed E-state index contributed by atoms with van der Waals surface area (Å²) < 4.78 is 1.02. The number of pyridine rings is 1. The molecule has 0 spiro atoms. The number of thiophene rings is 1. The third kappa shape index (κ3) is 3.98. The molecule has 2 aromatic carbocycles. The van der Waals surface area contributed by atoms with E-state index in [2.05, 4.69) is 20.9 Å². The summed E-state index contributed by atoms with van der Waals surface area (Å²) in [4.78, 5) is 29.4. The number of benzene rings is 2. The molecule has 2 aromatic heterocycles. The van der Waals surface area contributed by atoms with E-state index >= 15 is 0 Å². The molecule has 0 saturated heterocycles. The van der Waals surface area contributed by atoms with Crippen LogP contribution in [-0.4, -0.2) is 23.8 Å². The Morgan fingerprint density at radius 2 is 1.77 bits per heavy atom. The Labute approximate surface area is 181 Å². The monoisotopic (exact) mass is 436 g/mol. The van der Waals surface area contributed by atoms with Crippen molar-refractivity contribution < 1.29 is 9.59 Å². The lowest BCUT2D eigenvalue weighted by Gasteiger charge is -2.14. The molecule has 0 saturated carbocycles. The van der Waals surface area contributed by atoms with E-state index in [1.807, 2.05) is 41.8 Å². The Kier molecular flexibility index (Phi) is 5.65. The minimum absolute atomic E-state index is 0.287. The number of rotatable bonds is 5. The van der Waals surface area contributed by atoms with Gasteiger partial charge >= 0.3 is 0 Å². The van der Waals surface area contributed by atoms with E-state index < -0.39 is 0 Å². The molecule has 0 atom stereocenters. The van der Waals surface area contributed by atoms with Crippen molar-refractivity contribution >= 4 is 62.0 Å². The van der Waals surface area contributed by atoms with Crippen LogP contribution in [0.2, 0.25) is 5.02 Å². The molecule has 30 heavy (non-hydrogen) atoms. The van der Waals surface area contributed by atoms with Gasteiger partial charge in [-0.05, 0) is 24.3 Å². The van der Waals surface area contributed by atoms with Gasteiger partial charge in [-0.1, -0.05) is 41.9 Å². The number of nitrogens with one attached hydrogen (secondary N) is 3. The van der Waals surface area contributed by atoms with E-state index in [1.165, 1.54) is 24.6 Å². The van der Waals surface area contributed by atoms with Gasteiger partial charge < -0.3 is 16.0 Å². The number of amides is 2. The third-order valence-electron chi connectivity index (χ3n) is 4.48. The Balaban J connectivity index is 1.71. The van der Waals surface area contributed by atoms with Crippen LogP contribution in [0, 0.1) is 0 Å². The number of nitrogens with zero attached hydrogens (tertiary/aromatic N) is 1. The van der Waals surface area contributed by atoms with Gasteiger partial charge in [0, 0.05) is 28.7 Å². The van der Waals surface area contributed by atoms with Gasteiger partial charge in [0.25, 0.3) is 11.8 Å². The SMILES string of the molecule is CNC(=O)c1cnc(Nc2ccccc2Cl)c(NC(=O)c2csc3ccccc23)c1. The maximum atomic E-state index is 13.0. The second-order valence-electron chi connectivity index (χ2n) is 6.40. The Morgan fingerprint density at radius 3 is 2.57 bits per heavy atom. The largest absolute Gasteiger partial charge is 0.355 e. The van der Waals surface area contributed by atoms with Gasteiger partial charge in [-0.2, -0.15) is 0 Å². The zero-order chi connectivity index (χ0) is 21.1. The van der Waals surface area contributed by atoms with Crippen LogP contribution in [0.3, 0.4) is 0 Å². The van der Waals surface area contributed by atoms with E-state index in [4.69, 9.17) is 11.6 Å². The molecule has 0 aliphatic rings. The number of anilines is 3. The maximum Gasteiger partial charge on any atom is 0.257 e. The molecule has 0 unspecified atom stereocenters. The molecule has 0 bridgehead atoms. The zero-order valence-electron chi connectivity index (χ0n) is 15.9. The van der Waals surface area contributed by atoms with Crippen LogP contribution in [0.25, 0.3) is 10.1 Å². The highest BCUT2D eigenvalue weighted by molar-refractivity contribution is 7.17. The molecule has 6 nitrogen and oxygen atoms in total. The van der Waals surface area contributed by atoms with Gasteiger partial charge in [0.2, 0.25) is 0 Å². The highest BCUT2D eigenvalue weighted by Gasteiger charge is 2.17. The van der Waals surface area contributed by atoms with E-state index in [1.54, 1.807) is 18.2 Å². The average molecular weight is 437 g/mol. The fourth-order valence-corrected chi connectivity index (χ4v) is 4.09. The predicted molar refractivity (Wildman–Crippen MR) is 122 cm³/mol.